The van der Waals surface area contributed by atoms with E-state index in [1.165, 1.54) is 0 Å². The second kappa shape index (κ2) is 8.32. The van der Waals surface area contributed by atoms with Gasteiger partial charge in [-0.05, 0) is 55.5 Å². The summed E-state index contributed by atoms with van der Waals surface area (Å²) in [5.41, 5.74) is 2.71. The Morgan fingerprint density at radius 3 is 2.38 bits per heavy atom. The largest absolute Gasteiger partial charge is 0.493 e. The van der Waals surface area contributed by atoms with Gasteiger partial charge in [-0.1, -0.05) is 24.3 Å². The maximum Gasteiger partial charge on any atom is 0.265 e. The number of amides is 1. The molecule has 0 radical (unpaired) electrons. The molecule has 1 N–H and O–H groups in total. The number of methoxy groups -OCH3 is 1. The second-order valence-electron chi connectivity index (χ2n) is 6.46. The Morgan fingerprint density at radius 1 is 0.966 bits per heavy atom. The minimum atomic E-state index is -0.671. The Bertz CT molecular complexity index is 1110. The van der Waals surface area contributed by atoms with Crippen LogP contribution in [0.4, 0.5) is 5.69 Å². The summed E-state index contributed by atoms with van der Waals surface area (Å²) in [7, 11) is 1.57. The van der Waals surface area contributed by atoms with Crippen molar-refractivity contribution < 1.29 is 14.3 Å². The molecule has 0 aliphatic carbocycles. The Kier molecular flexibility index (Phi) is 5.44. The van der Waals surface area contributed by atoms with Crippen LogP contribution in [0.3, 0.4) is 0 Å². The molecular weight excluding hydrogens is 384 g/mol. The van der Waals surface area contributed by atoms with Gasteiger partial charge in [-0.25, -0.2) is 4.98 Å². The van der Waals surface area contributed by atoms with Crippen molar-refractivity contribution in [2.45, 2.75) is 13.0 Å². The third-order valence-electron chi connectivity index (χ3n) is 4.44. The van der Waals surface area contributed by atoms with Gasteiger partial charge < -0.3 is 14.8 Å². The van der Waals surface area contributed by atoms with E-state index in [9.17, 15) is 4.79 Å². The Morgan fingerprint density at radius 2 is 1.66 bits per heavy atom. The molecule has 29 heavy (non-hydrogen) atoms. The molecule has 0 aliphatic heterocycles. The van der Waals surface area contributed by atoms with E-state index < -0.39 is 6.10 Å². The number of anilines is 1. The number of ether oxygens (including phenoxy) is 2. The number of nitrogens with one attached hydrogen (secondary N) is 1. The highest BCUT2D eigenvalue weighted by Crippen LogP contribution is 2.31. The standard InChI is InChI=1S/C23H20N2O3S/c1-15(28-20-9-5-4-8-19(20)27-2)22(26)24-17-13-11-16(12-14-17)23-25-18-7-3-6-10-21(18)29-23/h3-15H,1-2H3,(H,24,26)/t15-/m0/s1. The van der Waals surface area contributed by atoms with Gasteiger partial charge in [0.2, 0.25) is 0 Å². The molecule has 0 aliphatic rings. The zero-order valence-corrected chi connectivity index (χ0v) is 16.9. The third-order valence-corrected chi connectivity index (χ3v) is 5.52. The lowest BCUT2D eigenvalue weighted by atomic mass is 10.2. The van der Waals surface area contributed by atoms with Gasteiger partial charge >= 0.3 is 0 Å². The summed E-state index contributed by atoms with van der Waals surface area (Å²) < 4.78 is 12.2. The van der Waals surface area contributed by atoms with Crippen LogP contribution >= 0.6 is 11.3 Å². The number of hydrogen-bond acceptors (Lipinski definition) is 5. The number of carbonyl (C=O) groups is 1. The summed E-state index contributed by atoms with van der Waals surface area (Å²) in [4.78, 5) is 17.2. The van der Waals surface area contributed by atoms with Crippen LogP contribution in [-0.4, -0.2) is 24.1 Å². The number of carbonyl (C=O) groups excluding carboxylic acids is 1. The lowest BCUT2D eigenvalue weighted by molar-refractivity contribution is -0.122. The maximum atomic E-state index is 12.5. The predicted molar refractivity (Wildman–Crippen MR) is 117 cm³/mol. The first-order chi connectivity index (χ1) is 14.1. The molecule has 0 fully saturated rings. The van der Waals surface area contributed by atoms with Gasteiger partial charge in [-0.3, -0.25) is 4.79 Å². The van der Waals surface area contributed by atoms with Gasteiger partial charge in [-0.2, -0.15) is 0 Å². The van der Waals surface area contributed by atoms with Crippen molar-refractivity contribution in [1.29, 1.82) is 0 Å². The van der Waals surface area contributed by atoms with Gasteiger partial charge in [-0.15, -0.1) is 11.3 Å². The Balaban J connectivity index is 1.43. The average molecular weight is 404 g/mol. The maximum absolute atomic E-state index is 12.5. The van der Waals surface area contributed by atoms with Crippen LogP contribution in [0.2, 0.25) is 0 Å². The van der Waals surface area contributed by atoms with E-state index in [0.29, 0.717) is 17.2 Å². The van der Waals surface area contributed by atoms with Crippen LogP contribution in [0.1, 0.15) is 6.92 Å². The lowest BCUT2D eigenvalue weighted by Crippen LogP contribution is -2.30. The lowest BCUT2D eigenvalue weighted by Gasteiger charge is -2.16. The fourth-order valence-corrected chi connectivity index (χ4v) is 3.87. The minimum Gasteiger partial charge on any atom is -0.493 e. The van der Waals surface area contributed by atoms with Gasteiger partial charge in [0.1, 0.15) is 5.01 Å². The smallest absolute Gasteiger partial charge is 0.265 e. The second-order valence-corrected chi connectivity index (χ2v) is 7.49. The number of hydrogen-bond donors (Lipinski definition) is 1. The molecule has 1 aromatic heterocycles. The fraction of sp³-hybridized carbons (Fsp3) is 0.130. The quantitative estimate of drug-likeness (QED) is 0.469. The number of benzene rings is 3. The molecule has 1 atom stereocenters. The Hall–Kier alpha value is -3.38. The molecule has 146 valence electrons. The van der Waals surface area contributed by atoms with E-state index in [4.69, 9.17) is 9.47 Å². The summed E-state index contributed by atoms with van der Waals surface area (Å²) in [6.07, 6.45) is -0.671. The van der Waals surface area contributed by atoms with Crippen molar-refractivity contribution in [3.8, 4) is 22.1 Å². The molecule has 4 rings (SSSR count). The van der Waals surface area contributed by atoms with Crippen LogP contribution in [-0.2, 0) is 4.79 Å². The summed E-state index contributed by atoms with van der Waals surface area (Å²) in [6.45, 7) is 1.71. The molecule has 5 nitrogen and oxygen atoms in total. The van der Waals surface area contributed by atoms with Crippen molar-refractivity contribution in [2.75, 3.05) is 12.4 Å². The third kappa shape index (κ3) is 4.22. The topological polar surface area (TPSA) is 60.5 Å². The minimum absolute atomic E-state index is 0.233. The van der Waals surface area contributed by atoms with Crippen LogP contribution in [0.15, 0.2) is 72.8 Å². The highest BCUT2D eigenvalue weighted by Gasteiger charge is 2.17. The monoisotopic (exact) mass is 404 g/mol. The first-order valence-electron chi connectivity index (χ1n) is 9.20. The van der Waals surface area contributed by atoms with E-state index in [1.54, 1.807) is 37.5 Å². The van der Waals surface area contributed by atoms with E-state index in [2.05, 4.69) is 16.4 Å². The molecule has 0 saturated carbocycles. The van der Waals surface area contributed by atoms with Crippen molar-refractivity contribution >= 4 is 33.1 Å². The van der Waals surface area contributed by atoms with Crippen LogP contribution < -0.4 is 14.8 Å². The molecule has 4 aromatic rings. The first kappa shape index (κ1) is 19.0. The molecule has 1 amide bonds. The normalized spacial score (nSPS) is 11.8. The molecule has 0 spiro atoms. The van der Waals surface area contributed by atoms with Crippen molar-refractivity contribution in [2.24, 2.45) is 0 Å². The number of aromatic nitrogens is 1. The number of fused-ring (bicyclic) bond motifs is 1. The van der Waals surface area contributed by atoms with Crippen LogP contribution in [0.25, 0.3) is 20.8 Å². The number of thiazole rings is 1. The van der Waals surface area contributed by atoms with E-state index in [-0.39, 0.29) is 5.91 Å². The number of rotatable bonds is 6. The van der Waals surface area contributed by atoms with Gasteiger partial charge in [0, 0.05) is 11.3 Å². The zero-order valence-electron chi connectivity index (χ0n) is 16.1. The summed E-state index contributed by atoms with van der Waals surface area (Å²) >= 11 is 1.65. The molecule has 0 unspecified atom stereocenters. The van der Waals surface area contributed by atoms with Gasteiger partial charge in [0.15, 0.2) is 17.6 Å². The molecule has 3 aromatic carbocycles. The molecular formula is C23H20N2O3S. The molecule has 6 heteroatoms. The SMILES string of the molecule is COc1ccccc1O[C@@H](C)C(=O)Nc1ccc(-c2nc3ccccc3s2)cc1. The van der Waals surface area contributed by atoms with Crippen LogP contribution in [0.5, 0.6) is 11.5 Å². The number of para-hydroxylation sites is 3. The molecule has 0 bridgehead atoms. The van der Waals surface area contributed by atoms with E-state index >= 15 is 0 Å². The highest BCUT2D eigenvalue weighted by molar-refractivity contribution is 7.21. The Labute approximate surface area is 172 Å². The predicted octanol–water partition coefficient (Wildman–Crippen LogP) is 5.38. The summed E-state index contributed by atoms with van der Waals surface area (Å²) in [5, 5.41) is 3.84. The van der Waals surface area contributed by atoms with E-state index in [1.807, 2.05) is 54.6 Å². The fourth-order valence-electron chi connectivity index (χ4n) is 2.90. The van der Waals surface area contributed by atoms with Gasteiger partial charge in [0.25, 0.3) is 5.91 Å². The van der Waals surface area contributed by atoms with Crippen molar-refractivity contribution in [1.82, 2.24) is 4.98 Å². The zero-order chi connectivity index (χ0) is 20.2. The molecule has 1 heterocycles. The summed E-state index contributed by atoms with van der Waals surface area (Å²) in [5.74, 6) is 0.889. The highest BCUT2D eigenvalue weighted by atomic mass is 32.1. The van der Waals surface area contributed by atoms with Gasteiger partial charge in [0.05, 0.1) is 17.3 Å². The summed E-state index contributed by atoms with van der Waals surface area (Å²) in [6, 6.07) is 23.0. The average Bonchev–Trinajstić information content (AvgIpc) is 3.19. The van der Waals surface area contributed by atoms with E-state index in [0.717, 1.165) is 20.8 Å². The van der Waals surface area contributed by atoms with Crippen molar-refractivity contribution in [3.63, 3.8) is 0 Å². The first-order valence-corrected chi connectivity index (χ1v) is 10.0. The molecule has 0 saturated heterocycles. The van der Waals surface area contributed by atoms with Crippen molar-refractivity contribution in [3.05, 3.63) is 72.8 Å². The van der Waals surface area contributed by atoms with Crippen LogP contribution in [0, 0.1) is 0 Å². The number of nitrogens with zero attached hydrogens (tertiary/aromatic N) is 1.